The van der Waals surface area contributed by atoms with Crippen molar-refractivity contribution in [3.8, 4) is 5.75 Å². The van der Waals surface area contributed by atoms with E-state index in [2.05, 4.69) is 15.1 Å². The van der Waals surface area contributed by atoms with Gasteiger partial charge in [-0.3, -0.25) is 9.89 Å². The summed E-state index contributed by atoms with van der Waals surface area (Å²) in [4.78, 5) is 17.0. The highest BCUT2D eigenvalue weighted by atomic mass is 16.5. The van der Waals surface area contributed by atoms with Gasteiger partial charge in [-0.15, -0.1) is 0 Å². The van der Waals surface area contributed by atoms with Crippen LogP contribution in [0.3, 0.4) is 0 Å². The molecule has 1 fully saturated rings. The molecule has 6 heteroatoms. The Morgan fingerprint density at radius 3 is 2.96 bits per heavy atom. The Morgan fingerprint density at radius 1 is 1.36 bits per heavy atom. The van der Waals surface area contributed by atoms with Gasteiger partial charge in [0.05, 0.1) is 5.56 Å². The number of likely N-dealkylation sites (tertiary alicyclic amines) is 1. The monoisotopic (exact) mass is 342 g/mol. The van der Waals surface area contributed by atoms with E-state index < -0.39 is 0 Å². The Bertz CT molecular complexity index is 684. The van der Waals surface area contributed by atoms with E-state index >= 15 is 0 Å². The van der Waals surface area contributed by atoms with Gasteiger partial charge in [0, 0.05) is 37.4 Å². The fraction of sp³-hybridized carbons (Fsp3) is 0.474. The average Bonchev–Trinajstić information content (AvgIpc) is 3.16. The molecule has 1 aliphatic heterocycles. The van der Waals surface area contributed by atoms with Gasteiger partial charge in [-0.2, -0.15) is 5.10 Å². The first kappa shape index (κ1) is 17.5. The van der Waals surface area contributed by atoms with Crippen LogP contribution in [0.5, 0.6) is 5.75 Å². The van der Waals surface area contributed by atoms with Crippen LogP contribution in [0.1, 0.15) is 34.8 Å². The van der Waals surface area contributed by atoms with E-state index in [0.717, 1.165) is 31.6 Å². The predicted molar refractivity (Wildman–Crippen MR) is 97.0 cm³/mol. The van der Waals surface area contributed by atoms with Gasteiger partial charge in [0.15, 0.2) is 0 Å². The number of likely N-dealkylation sites (N-methyl/N-ethyl adjacent to an activating group) is 1. The first-order valence-electron chi connectivity index (χ1n) is 8.80. The molecule has 0 saturated carbocycles. The fourth-order valence-corrected chi connectivity index (χ4v) is 3.19. The Hall–Kier alpha value is -2.34. The van der Waals surface area contributed by atoms with Crippen LogP contribution in [0.15, 0.2) is 36.5 Å². The molecule has 134 valence electrons. The molecule has 0 unspecified atom stereocenters. The molecule has 1 aliphatic rings. The van der Waals surface area contributed by atoms with Gasteiger partial charge in [-0.05, 0) is 45.1 Å². The molecular formula is C19H26N4O2. The van der Waals surface area contributed by atoms with Crippen molar-refractivity contribution in [2.75, 3.05) is 40.3 Å². The minimum Gasteiger partial charge on any atom is -0.491 e. The summed E-state index contributed by atoms with van der Waals surface area (Å²) in [7, 11) is 4.01. The van der Waals surface area contributed by atoms with Gasteiger partial charge in [-0.1, -0.05) is 12.1 Å². The number of aromatic nitrogens is 2. The minimum atomic E-state index is 0.0460. The SMILES string of the molecule is CN(C)CCOc1ccccc1C(=O)N1CCC[C@@H](c2ccn[nH]2)C1. The summed E-state index contributed by atoms with van der Waals surface area (Å²) in [6.45, 7) is 2.88. The molecule has 1 amide bonds. The van der Waals surface area contributed by atoms with Crippen molar-refractivity contribution in [1.82, 2.24) is 20.0 Å². The zero-order chi connectivity index (χ0) is 17.6. The van der Waals surface area contributed by atoms with Gasteiger partial charge < -0.3 is 14.5 Å². The number of aromatic amines is 1. The minimum absolute atomic E-state index is 0.0460. The third-order valence-corrected chi connectivity index (χ3v) is 4.58. The average molecular weight is 342 g/mol. The summed E-state index contributed by atoms with van der Waals surface area (Å²) < 4.78 is 5.85. The number of amides is 1. The summed E-state index contributed by atoms with van der Waals surface area (Å²) >= 11 is 0. The molecule has 0 bridgehead atoms. The third kappa shape index (κ3) is 4.39. The largest absolute Gasteiger partial charge is 0.491 e. The van der Waals surface area contributed by atoms with Crippen LogP contribution in [-0.2, 0) is 0 Å². The molecule has 25 heavy (non-hydrogen) atoms. The van der Waals surface area contributed by atoms with Gasteiger partial charge >= 0.3 is 0 Å². The van der Waals surface area contributed by atoms with Crippen molar-refractivity contribution >= 4 is 5.91 Å². The summed E-state index contributed by atoms with van der Waals surface area (Å²) in [5, 5.41) is 7.07. The van der Waals surface area contributed by atoms with Crippen molar-refractivity contribution in [3.05, 3.63) is 47.8 Å². The predicted octanol–water partition coefficient (Wildman–Crippen LogP) is 2.37. The second-order valence-electron chi connectivity index (χ2n) is 6.75. The third-order valence-electron chi connectivity index (χ3n) is 4.58. The number of carbonyl (C=O) groups excluding carboxylic acids is 1. The molecule has 1 aromatic carbocycles. The summed E-state index contributed by atoms with van der Waals surface area (Å²) in [6.07, 6.45) is 3.84. The van der Waals surface area contributed by atoms with Crippen molar-refractivity contribution in [2.24, 2.45) is 0 Å². The smallest absolute Gasteiger partial charge is 0.257 e. The van der Waals surface area contributed by atoms with E-state index in [1.54, 1.807) is 6.20 Å². The number of H-pyrrole nitrogens is 1. The molecule has 0 radical (unpaired) electrons. The molecule has 6 nitrogen and oxygen atoms in total. The highest BCUT2D eigenvalue weighted by Gasteiger charge is 2.27. The number of ether oxygens (including phenoxy) is 1. The molecule has 1 N–H and O–H groups in total. The van der Waals surface area contributed by atoms with Gasteiger partial charge in [0.1, 0.15) is 12.4 Å². The number of nitrogens with zero attached hydrogens (tertiary/aromatic N) is 3. The quantitative estimate of drug-likeness (QED) is 0.875. The van der Waals surface area contributed by atoms with Crippen molar-refractivity contribution in [2.45, 2.75) is 18.8 Å². The first-order chi connectivity index (χ1) is 12.1. The lowest BCUT2D eigenvalue weighted by Crippen LogP contribution is -2.39. The highest BCUT2D eigenvalue weighted by Crippen LogP contribution is 2.28. The maximum atomic E-state index is 13.0. The zero-order valence-electron chi connectivity index (χ0n) is 14.9. The number of benzene rings is 1. The second kappa shape index (κ2) is 8.16. The Balaban J connectivity index is 1.70. The van der Waals surface area contributed by atoms with Crippen molar-refractivity contribution in [3.63, 3.8) is 0 Å². The Kier molecular flexibility index (Phi) is 5.71. The van der Waals surface area contributed by atoms with Gasteiger partial charge in [0.25, 0.3) is 5.91 Å². The van der Waals surface area contributed by atoms with Crippen LogP contribution >= 0.6 is 0 Å². The standard InChI is InChI=1S/C19H26N4O2/c1-22(2)12-13-25-18-8-4-3-7-16(18)19(24)23-11-5-6-15(14-23)17-9-10-20-21-17/h3-4,7-10,15H,5-6,11-14H2,1-2H3,(H,20,21)/t15-/m1/s1. The number of rotatable bonds is 6. The van der Waals surface area contributed by atoms with Crippen LogP contribution in [-0.4, -0.2) is 66.2 Å². The van der Waals surface area contributed by atoms with E-state index in [4.69, 9.17) is 4.74 Å². The van der Waals surface area contributed by atoms with Crippen molar-refractivity contribution < 1.29 is 9.53 Å². The molecule has 1 atom stereocenters. The fourth-order valence-electron chi connectivity index (χ4n) is 3.19. The lowest BCUT2D eigenvalue weighted by molar-refractivity contribution is 0.0701. The Morgan fingerprint density at radius 2 is 2.20 bits per heavy atom. The number of piperidine rings is 1. The molecule has 2 heterocycles. The maximum Gasteiger partial charge on any atom is 0.257 e. The topological polar surface area (TPSA) is 61.5 Å². The lowest BCUT2D eigenvalue weighted by Gasteiger charge is -2.32. The molecule has 0 spiro atoms. The normalized spacial score (nSPS) is 17.7. The second-order valence-corrected chi connectivity index (χ2v) is 6.75. The lowest BCUT2D eigenvalue weighted by atomic mass is 9.94. The number of para-hydroxylation sites is 1. The van der Waals surface area contributed by atoms with Crippen LogP contribution < -0.4 is 4.74 Å². The highest BCUT2D eigenvalue weighted by molar-refractivity contribution is 5.97. The van der Waals surface area contributed by atoms with Crippen LogP contribution in [0, 0.1) is 0 Å². The summed E-state index contributed by atoms with van der Waals surface area (Å²) in [5.74, 6) is 1.03. The van der Waals surface area contributed by atoms with E-state index in [0.29, 0.717) is 30.4 Å². The molecule has 1 aromatic heterocycles. The molecule has 3 rings (SSSR count). The van der Waals surface area contributed by atoms with Crippen LogP contribution in [0.4, 0.5) is 0 Å². The van der Waals surface area contributed by atoms with E-state index in [1.807, 2.05) is 49.3 Å². The summed E-state index contributed by atoms with van der Waals surface area (Å²) in [6, 6.07) is 9.52. The zero-order valence-corrected chi connectivity index (χ0v) is 14.9. The number of nitrogens with one attached hydrogen (secondary N) is 1. The van der Waals surface area contributed by atoms with E-state index in [-0.39, 0.29) is 5.91 Å². The van der Waals surface area contributed by atoms with E-state index in [9.17, 15) is 4.79 Å². The maximum absolute atomic E-state index is 13.0. The first-order valence-corrected chi connectivity index (χ1v) is 8.80. The summed E-state index contributed by atoms with van der Waals surface area (Å²) in [5.41, 5.74) is 1.75. The van der Waals surface area contributed by atoms with Crippen LogP contribution in [0.2, 0.25) is 0 Å². The van der Waals surface area contributed by atoms with Gasteiger partial charge in [0.2, 0.25) is 0 Å². The van der Waals surface area contributed by atoms with Gasteiger partial charge in [-0.25, -0.2) is 0 Å². The molecular weight excluding hydrogens is 316 g/mol. The number of hydrogen-bond donors (Lipinski definition) is 1. The molecule has 2 aromatic rings. The van der Waals surface area contributed by atoms with Crippen molar-refractivity contribution in [1.29, 1.82) is 0 Å². The van der Waals surface area contributed by atoms with Crippen LogP contribution in [0.25, 0.3) is 0 Å². The number of hydrogen-bond acceptors (Lipinski definition) is 4. The Labute approximate surface area is 148 Å². The molecule has 0 aliphatic carbocycles. The van der Waals surface area contributed by atoms with E-state index in [1.165, 1.54) is 0 Å². The number of carbonyl (C=O) groups is 1. The molecule has 1 saturated heterocycles.